The van der Waals surface area contributed by atoms with Gasteiger partial charge in [0.25, 0.3) is 5.91 Å². The van der Waals surface area contributed by atoms with Gasteiger partial charge in [0.05, 0.1) is 20.3 Å². The van der Waals surface area contributed by atoms with Crippen LogP contribution >= 0.6 is 0 Å². The van der Waals surface area contributed by atoms with Crippen LogP contribution in [0.25, 0.3) is 0 Å². The quantitative estimate of drug-likeness (QED) is 0.368. The minimum absolute atomic E-state index is 0.198. The summed E-state index contributed by atoms with van der Waals surface area (Å²) in [4.78, 5) is 18.0. The summed E-state index contributed by atoms with van der Waals surface area (Å²) in [5.41, 5.74) is 5.31. The van der Waals surface area contributed by atoms with Gasteiger partial charge in [-0.1, -0.05) is 12.1 Å². The molecule has 206 valence electrons. The van der Waals surface area contributed by atoms with E-state index in [0.29, 0.717) is 23.7 Å². The number of benzene rings is 3. The second kappa shape index (κ2) is 12.9. The molecule has 2 aliphatic heterocycles. The van der Waals surface area contributed by atoms with Gasteiger partial charge in [-0.25, -0.2) is 0 Å². The van der Waals surface area contributed by atoms with E-state index in [1.54, 1.807) is 25.3 Å². The molecular weight excluding hydrogens is 492 g/mol. The molecular formula is C31H38N4O4. The van der Waals surface area contributed by atoms with Gasteiger partial charge in [-0.15, -0.1) is 0 Å². The van der Waals surface area contributed by atoms with Crippen LogP contribution in [0.3, 0.4) is 0 Å². The molecule has 0 saturated carbocycles. The molecule has 39 heavy (non-hydrogen) atoms. The van der Waals surface area contributed by atoms with Crippen molar-refractivity contribution in [2.24, 2.45) is 0 Å². The molecule has 2 aliphatic rings. The summed E-state index contributed by atoms with van der Waals surface area (Å²) < 4.78 is 17.0. The number of hydrogen-bond acceptors (Lipinski definition) is 7. The Bertz CT molecular complexity index is 1270. The largest absolute Gasteiger partial charge is 0.493 e. The van der Waals surface area contributed by atoms with Crippen LogP contribution in [0.2, 0.25) is 0 Å². The summed E-state index contributed by atoms with van der Waals surface area (Å²) in [5.74, 6) is 1.00. The zero-order valence-electron chi connectivity index (χ0n) is 22.9. The number of ether oxygens (including phenoxy) is 3. The fraction of sp³-hybridized carbons (Fsp3) is 0.387. The molecule has 2 fully saturated rings. The van der Waals surface area contributed by atoms with E-state index in [1.807, 2.05) is 31.2 Å². The van der Waals surface area contributed by atoms with Crippen molar-refractivity contribution >= 4 is 28.7 Å². The van der Waals surface area contributed by atoms with Gasteiger partial charge in [0.15, 0.2) is 11.5 Å². The van der Waals surface area contributed by atoms with Crippen LogP contribution in [0.5, 0.6) is 11.5 Å². The third-order valence-corrected chi connectivity index (χ3v) is 7.29. The average molecular weight is 531 g/mol. The Morgan fingerprint density at radius 3 is 2.51 bits per heavy atom. The van der Waals surface area contributed by atoms with Crippen LogP contribution in [0, 0.1) is 6.92 Å². The van der Waals surface area contributed by atoms with Gasteiger partial charge in [0, 0.05) is 47.9 Å². The lowest BCUT2D eigenvalue weighted by Crippen LogP contribution is -2.36. The Labute approximate surface area is 230 Å². The minimum atomic E-state index is -0.198. The smallest absolute Gasteiger partial charge is 0.255 e. The number of carbonyl (C=O) groups excluding carboxylic acids is 1. The SMILES string of the molecule is COc1ccc(C(=O)Nc2cc(Nc3cccc(N4CCOCC4)c3)ccc2C)cc1OCCN1CCCC1. The van der Waals surface area contributed by atoms with Gasteiger partial charge < -0.3 is 29.7 Å². The molecule has 1 amide bonds. The van der Waals surface area contributed by atoms with Crippen LogP contribution in [0.15, 0.2) is 60.7 Å². The number of carbonyl (C=O) groups is 1. The van der Waals surface area contributed by atoms with E-state index in [1.165, 1.54) is 18.5 Å². The lowest BCUT2D eigenvalue weighted by molar-refractivity contribution is 0.102. The first kappa shape index (κ1) is 26.8. The average Bonchev–Trinajstić information content (AvgIpc) is 3.49. The van der Waals surface area contributed by atoms with Crippen LogP contribution in [0.4, 0.5) is 22.7 Å². The molecule has 2 heterocycles. The molecule has 3 aromatic carbocycles. The molecule has 0 aromatic heterocycles. The van der Waals surface area contributed by atoms with Crippen LogP contribution in [-0.4, -0.2) is 70.5 Å². The van der Waals surface area contributed by atoms with E-state index >= 15 is 0 Å². The van der Waals surface area contributed by atoms with Gasteiger partial charge in [-0.2, -0.15) is 0 Å². The maximum atomic E-state index is 13.2. The number of amides is 1. The number of hydrogen-bond donors (Lipinski definition) is 2. The predicted molar refractivity (Wildman–Crippen MR) is 156 cm³/mol. The molecule has 0 radical (unpaired) electrons. The molecule has 0 aliphatic carbocycles. The van der Waals surface area contributed by atoms with Crippen molar-refractivity contribution in [1.29, 1.82) is 0 Å². The zero-order valence-corrected chi connectivity index (χ0v) is 22.9. The van der Waals surface area contributed by atoms with Crippen LogP contribution < -0.4 is 25.0 Å². The normalized spacial score (nSPS) is 15.7. The van der Waals surface area contributed by atoms with Gasteiger partial charge in [-0.3, -0.25) is 9.69 Å². The molecule has 0 bridgehead atoms. The third kappa shape index (κ3) is 7.02. The third-order valence-electron chi connectivity index (χ3n) is 7.29. The first-order valence-electron chi connectivity index (χ1n) is 13.7. The lowest BCUT2D eigenvalue weighted by Gasteiger charge is -2.29. The van der Waals surface area contributed by atoms with E-state index in [-0.39, 0.29) is 5.91 Å². The number of anilines is 4. The van der Waals surface area contributed by atoms with E-state index in [0.717, 1.165) is 68.6 Å². The second-order valence-corrected chi connectivity index (χ2v) is 10.0. The highest BCUT2D eigenvalue weighted by Crippen LogP contribution is 2.30. The zero-order chi connectivity index (χ0) is 27.0. The molecule has 2 saturated heterocycles. The highest BCUT2D eigenvalue weighted by Gasteiger charge is 2.16. The number of rotatable bonds is 10. The van der Waals surface area contributed by atoms with E-state index in [2.05, 4.69) is 38.6 Å². The van der Waals surface area contributed by atoms with Gasteiger partial charge in [-0.05, 0) is 86.9 Å². The van der Waals surface area contributed by atoms with Crippen molar-refractivity contribution in [1.82, 2.24) is 4.90 Å². The number of nitrogens with one attached hydrogen (secondary N) is 2. The summed E-state index contributed by atoms with van der Waals surface area (Å²) in [6, 6.07) is 19.7. The number of morpholine rings is 1. The van der Waals surface area contributed by atoms with Gasteiger partial charge in [0.1, 0.15) is 6.61 Å². The molecule has 8 nitrogen and oxygen atoms in total. The molecule has 0 spiro atoms. The second-order valence-electron chi connectivity index (χ2n) is 10.0. The van der Waals surface area contributed by atoms with Gasteiger partial charge in [0.2, 0.25) is 0 Å². The highest BCUT2D eigenvalue weighted by molar-refractivity contribution is 6.05. The first-order valence-corrected chi connectivity index (χ1v) is 13.7. The Morgan fingerprint density at radius 2 is 1.72 bits per heavy atom. The molecule has 3 aromatic rings. The predicted octanol–water partition coefficient (Wildman–Crippen LogP) is 5.31. The summed E-state index contributed by atoms with van der Waals surface area (Å²) in [7, 11) is 1.61. The van der Waals surface area contributed by atoms with Crippen LogP contribution in [-0.2, 0) is 4.74 Å². The topological polar surface area (TPSA) is 75.3 Å². The fourth-order valence-corrected chi connectivity index (χ4v) is 5.02. The molecule has 5 rings (SSSR count). The monoisotopic (exact) mass is 530 g/mol. The number of methoxy groups -OCH3 is 1. The molecule has 0 unspecified atom stereocenters. The van der Waals surface area contributed by atoms with Crippen molar-refractivity contribution in [3.8, 4) is 11.5 Å². The molecule has 8 heteroatoms. The maximum absolute atomic E-state index is 13.2. The fourth-order valence-electron chi connectivity index (χ4n) is 5.02. The van der Waals surface area contributed by atoms with E-state index < -0.39 is 0 Å². The maximum Gasteiger partial charge on any atom is 0.255 e. The van der Waals surface area contributed by atoms with Crippen molar-refractivity contribution in [2.75, 3.05) is 75.2 Å². The lowest BCUT2D eigenvalue weighted by atomic mass is 10.1. The number of nitrogens with zero attached hydrogens (tertiary/aromatic N) is 2. The van der Waals surface area contributed by atoms with Crippen LogP contribution in [0.1, 0.15) is 28.8 Å². The summed E-state index contributed by atoms with van der Waals surface area (Å²) in [6.45, 7) is 8.93. The van der Waals surface area contributed by atoms with E-state index in [4.69, 9.17) is 14.2 Å². The van der Waals surface area contributed by atoms with Crippen molar-refractivity contribution < 1.29 is 19.0 Å². The Kier molecular flexibility index (Phi) is 8.85. The summed E-state index contributed by atoms with van der Waals surface area (Å²) >= 11 is 0. The first-order chi connectivity index (χ1) is 19.1. The molecule has 0 atom stereocenters. The summed E-state index contributed by atoms with van der Waals surface area (Å²) in [6.07, 6.45) is 2.49. The van der Waals surface area contributed by atoms with Crippen molar-refractivity contribution in [3.05, 3.63) is 71.8 Å². The standard InChI is InChI=1S/C31H38N4O4/c1-23-8-10-26(32-25-6-5-7-27(21-25)35-15-17-38-18-16-35)22-28(23)33-31(36)24-9-11-29(37-2)30(20-24)39-19-14-34-12-3-4-13-34/h5-11,20-22,32H,3-4,12-19H2,1-2H3,(H,33,36). The van der Waals surface area contributed by atoms with Crippen molar-refractivity contribution in [3.63, 3.8) is 0 Å². The highest BCUT2D eigenvalue weighted by atomic mass is 16.5. The Hall–Kier alpha value is -3.75. The van der Waals surface area contributed by atoms with E-state index in [9.17, 15) is 4.79 Å². The minimum Gasteiger partial charge on any atom is -0.493 e. The Morgan fingerprint density at radius 1 is 0.923 bits per heavy atom. The molecule has 2 N–H and O–H groups in total. The van der Waals surface area contributed by atoms with Gasteiger partial charge >= 0.3 is 0 Å². The summed E-state index contributed by atoms with van der Waals surface area (Å²) in [5, 5.41) is 6.56. The Balaban J connectivity index is 1.25. The number of likely N-dealkylation sites (tertiary alicyclic amines) is 1. The van der Waals surface area contributed by atoms with Crippen molar-refractivity contribution in [2.45, 2.75) is 19.8 Å². The number of aryl methyl sites for hydroxylation is 1.